The fourth-order valence-electron chi connectivity index (χ4n) is 2.07. The fourth-order valence-corrected chi connectivity index (χ4v) is 2.07. The van der Waals surface area contributed by atoms with Crippen molar-refractivity contribution in [1.29, 1.82) is 0 Å². The van der Waals surface area contributed by atoms with E-state index in [0.717, 1.165) is 17.5 Å². The van der Waals surface area contributed by atoms with Gasteiger partial charge in [-0.1, -0.05) is 13.0 Å². The molecule has 3 nitrogen and oxygen atoms in total. The molecular formula is C14H21NO2. The van der Waals surface area contributed by atoms with Gasteiger partial charge in [0.1, 0.15) is 5.75 Å². The Bertz CT molecular complexity index is 409. The summed E-state index contributed by atoms with van der Waals surface area (Å²) in [4.78, 5) is 12.4. The lowest BCUT2D eigenvalue weighted by atomic mass is 9.91. The van der Waals surface area contributed by atoms with Gasteiger partial charge >= 0.3 is 0 Å². The normalized spacial score (nSPS) is 12.3. The van der Waals surface area contributed by atoms with Crippen LogP contribution in [0.3, 0.4) is 0 Å². The summed E-state index contributed by atoms with van der Waals surface area (Å²) >= 11 is 0. The number of rotatable bonds is 5. The molecule has 0 saturated heterocycles. The minimum Gasteiger partial charge on any atom is -0.496 e. The Morgan fingerprint density at radius 3 is 2.53 bits per heavy atom. The Balaban J connectivity index is 3.25. The van der Waals surface area contributed by atoms with Crippen LogP contribution < -0.4 is 10.5 Å². The first kappa shape index (κ1) is 13.7. The number of carbonyl (C=O) groups excluding carboxylic acids is 1. The maximum atomic E-state index is 12.4. The molecule has 0 aliphatic rings. The number of aryl methyl sites for hydroxylation is 2. The number of ketones is 1. The average molecular weight is 235 g/mol. The summed E-state index contributed by atoms with van der Waals surface area (Å²) in [5.74, 6) is 0.619. The van der Waals surface area contributed by atoms with Crippen molar-refractivity contribution < 1.29 is 9.53 Å². The maximum Gasteiger partial charge on any atom is 0.171 e. The zero-order chi connectivity index (χ0) is 13.0. The van der Waals surface area contributed by atoms with Crippen LogP contribution in [0.15, 0.2) is 12.1 Å². The molecule has 2 N–H and O–H groups in total. The van der Waals surface area contributed by atoms with Crippen molar-refractivity contribution in [3.63, 3.8) is 0 Å². The van der Waals surface area contributed by atoms with Crippen LogP contribution in [0.5, 0.6) is 5.75 Å². The van der Waals surface area contributed by atoms with Crippen LogP contribution in [0.25, 0.3) is 0 Å². The topological polar surface area (TPSA) is 52.3 Å². The van der Waals surface area contributed by atoms with E-state index >= 15 is 0 Å². The van der Waals surface area contributed by atoms with Gasteiger partial charge in [0.15, 0.2) is 5.78 Å². The van der Waals surface area contributed by atoms with Crippen molar-refractivity contribution in [1.82, 2.24) is 0 Å². The molecule has 1 unspecified atom stereocenters. The van der Waals surface area contributed by atoms with Gasteiger partial charge in [-0.3, -0.25) is 4.79 Å². The second kappa shape index (κ2) is 5.82. The van der Waals surface area contributed by atoms with Crippen LogP contribution in [-0.4, -0.2) is 19.4 Å². The number of Topliss-reactive ketones (excluding diaryl/α,β-unsaturated/α-hetero) is 1. The highest BCUT2D eigenvalue weighted by molar-refractivity contribution is 6.01. The lowest BCUT2D eigenvalue weighted by molar-refractivity contribution is 0.0917. The molecule has 0 saturated carbocycles. The molecular weight excluding hydrogens is 214 g/mol. The Morgan fingerprint density at radius 2 is 2.06 bits per heavy atom. The van der Waals surface area contributed by atoms with E-state index in [4.69, 9.17) is 10.5 Å². The summed E-state index contributed by atoms with van der Waals surface area (Å²) in [6, 6.07) is 3.89. The predicted octanol–water partition coefficient (Wildman–Crippen LogP) is 2.48. The van der Waals surface area contributed by atoms with E-state index in [0.29, 0.717) is 17.9 Å². The van der Waals surface area contributed by atoms with E-state index in [1.54, 1.807) is 7.11 Å². The van der Waals surface area contributed by atoms with Crippen LogP contribution >= 0.6 is 0 Å². The Labute approximate surface area is 103 Å². The van der Waals surface area contributed by atoms with Gasteiger partial charge in [0.2, 0.25) is 0 Å². The summed E-state index contributed by atoms with van der Waals surface area (Å²) in [7, 11) is 1.59. The minimum atomic E-state index is -0.120. The Kier molecular flexibility index (Phi) is 4.70. The van der Waals surface area contributed by atoms with Crippen molar-refractivity contribution >= 4 is 5.78 Å². The number of ether oxygens (including phenoxy) is 1. The number of methoxy groups -OCH3 is 1. The Hall–Kier alpha value is -1.35. The van der Waals surface area contributed by atoms with Gasteiger partial charge in [-0.05, 0) is 37.5 Å². The first-order valence-corrected chi connectivity index (χ1v) is 5.94. The number of hydrogen-bond donors (Lipinski definition) is 1. The first-order chi connectivity index (χ1) is 8.04. The lowest BCUT2D eigenvalue weighted by Crippen LogP contribution is -2.24. The monoisotopic (exact) mass is 235 g/mol. The molecule has 0 fully saturated rings. The highest BCUT2D eigenvalue weighted by atomic mass is 16.5. The third kappa shape index (κ3) is 2.86. The summed E-state index contributed by atoms with van der Waals surface area (Å²) in [5.41, 5.74) is 8.36. The van der Waals surface area contributed by atoms with E-state index in [9.17, 15) is 4.79 Å². The number of carbonyl (C=O) groups is 1. The van der Waals surface area contributed by atoms with Crippen LogP contribution in [0, 0.1) is 19.8 Å². The highest BCUT2D eigenvalue weighted by Crippen LogP contribution is 2.27. The average Bonchev–Trinajstić information content (AvgIpc) is 2.29. The molecule has 0 aromatic heterocycles. The minimum absolute atomic E-state index is 0.0874. The van der Waals surface area contributed by atoms with Crippen LogP contribution in [0.1, 0.15) is 34.8 Å². The predicted molar refractivity (Wildman–Crippen MR) is 69.6 cm³/mol. The largest absolute Gasteiger partial charge is 0.496 e. The van der Waals surface area contributed by atoms with Crippen molar-refractivity contribution in [3.8, 4) is 5.75 Å². The molecule has 0 aliphatic heterocycles. The second-order valence-electron chi connectivity index (χ2n) is 4.36. The van der Waals surface area contributed by atoms with Crippen molar-refractivity contribution in [2.75, 3.05) is 13.7 Å². The Morgan fingerprint density at radius 1 is 1.41 bits per heavy atom. The van der Waals surface area contributed by atoms with Crippen molar-refractivity contribution in [2.45, 2.75) is 27.2 Å². The third-order valence-electron chi connectivity index (χ3n) is 3.06. The molecule has 1 atom stereocenters. The molecule has 0 amide bonds. The molecule has 1 aromatic rings. The van der Waals surface area contributed by atoms with Gasteiger partial charge in [0, 0.05) is 12.5 Å². The second-order valence-corrected chi connectivity index (χ2v) is 4.36. The molecule has 0 aliphatic carbocycles. The molecule has 0 bridgehead atoms. The first-order valence-electron chi connectivity index (χ1n) is 5.94. The summed E-state index contributed by atoms with van der Waals surface area (Å²) in [6.07, 6.45) is 0.756. The molecule has 1 rings (SSSR count). The zero-order valence-corrected chi connectivity index (χ0v) is 11.0. The summed E-state index contributed by atoms with van der Waals surface area (Å²) < 4.78 is 5.31. The number of nitrogens with two attached hydrogens (primary N) is 1. The number of benzene rings is 1. The molecule has 3 heteroatoms. The van der Waals surface area contributed by atoms with Gasteiger partial charge in [-0.15, -0.1) is 0 Å². The lowest BCUT2D eigenvalue weighted by Gasteiger charge is -2.16. The fraction of sp³-hybridized carbons (Fsp3) is 0.500. The molecule has 0 heterocycles. The van der Waals surface area contributed by atoms with Gasteiger partial charge in [0.25, 0.3) is 0 Å². The standard InChI is InChI=1S/C14H21NO2/c1-5-11(8-15)14(16)13-10(3)6-9(2)7-12(13)17-4/h6-7,11H,5,8,15H2,1-4H3. The van der Waals surface area contributed by atoms with E-state index in [2.05, 4.69) is 0 Å². The quantitative estimate of drug-likeness (QED) is 0.798. The molecule has 1 aromatic carbocycles. The molecule has 0 radical (unpaired) electrons. The SMILES string of the molecule is CCC(CN)C(=O)c1c(C)cc(C)cc1OC. The van der Waals surface area contributed by atoms with Crippen LogP contribution in [-0.2, 0) is 0 Å². The van der Waals surface area contributed by atoms with Gasteiger partial charge in [-0.25, -0.2) is 0 Å². The van der Waals surface area contributed by atoms with Crippen molar-refractivity contribution in [2.24, 2.45) is 11.7 Å². The van der Waals surface area contributed by atoms with Gasteiger partial charge in [0.05, 0.1) is 12.7 Å². The third-order valence-corrected chi connectivity index (χ3v) is 3.06. The smallest absolute Gasteiger partial charge is 0.171 e. The van der Waals surface area contributed by atoms with E-state index in [1.165, 1.54) is 0 Å². The number of hydrogen-bond acceptors (Lipinski definition) is 3. The summed E-state index contributed by atoms with van der Waals surface area (Å²) in [6.45, 7) is 6.28. The zero-order valence-electron chi connectivity index (χ0n) is 11.0. The van der Waals surface area contributed by atoms with E-state index in [-0.39, 0.29) is 11.7 Å². The molecule has 94 valence electrons. The van der Waals surface area contributed by atoms with Crippen molar-refractivity contribution in [3.05, 3.63) is 28.8 Å². The van der Waals surface area contributed by atoms with Gasteiger partial charge < -0.3 is 10.5 Å². The summed E-state index contributed by atoms with van der Waals surface area (Å²) in [5, 5.41) is 0. The maximum absolute atomic E-state index is 12.4. The highest BCUT2D eigenvalue weighted by Gasteiger charge is 2.22. The molecule has 17 heavy (non-hydrogen) atoms. The van der Waals surface area contributed by atoms with Crippen LogP contribution in [0.2, 0.25) is 0 Å². The van der Waals surface area contributed by atoms with Gasteiger partial charge in [-0.2, -0.15) is 0 Å². The van der Waals surface area contributed by atoms with E-state index < -0.39 is 0 Å². The molecule has 0 spiro atoms. The van der Waals surface area contributed by atoms with Crippen LogP contribution in [0.4, 0.5) is 0 Å². The van der Waals surface area contributed by atoms with E-state index in [1.807, 2.05) is 32.9 Å².